The summed E-state index contributed by atoms with van der Waals surface area (Å²) in [4.78, 5) is 24.7. The summed E-state index contributed by atoms with van der Waals surface area (Å²) in [5, 5.41) is 2.85. The summed E-state index contributed by atoms with van der Waals surface area (Å²) in [6.45, 7) is 4.77. The second-order valence-electron chi connectivity index (χ2n) is 4.91. The van der Waals surface area contributed by atoms with Crippen LogP contribution in [0.25, 0.3) is 0 Å². The zero-order valence-electron chi connectivity index (χ0n) is 12.5. The number of ether oxygens (including phenoxy) is 1. The molecular formula is C15H22N2O3. The number of esters is 1. The van der Waals surface area contributed by atoms with E-state index in [-0.39, 0.29) is 24.8 Å². The first-order chi connectivity index (χ1) is 9.42. The highest BCUT2D eigenvalue weighted by atomic mass is 16.5. The molecule has 0 aliphatic carbocycles. The van der Waals surface area contributed by atoms with Crippen molar-refractivity contribution in [3.63, 3.8) is 0 Å². The molecule has 0 heterocycles. The first-order valence-electron chi connectivity index (χ1n) is 6.55. The average molecular weight is 278 g/mol. The van der Waals surface area contributed by atoms with Gasteiger partial charge in [-0.25, -0.2) is 0 Å². The van der Waals surface area contributed by atoms with Gasteiger partial charge >= 0.3 is 5.97 Å². The molecule has 0 aromatic heterocycles. The molecule has 0 radical (unpaired) electrons. The maximum Gasteiger partial charge on any atom is 0.306 e. The molecule has 0 saturated carbocycles. The lowest BCUT2D eigenvalue weighted by atomic mass is 10.1. The molecular weight excluding hydrogens is 256 g/mol. The molecule has 1 aromatic rings. The number of carbonyl (C=O) groups is 2. The summed E-state index contributed by atoms with van der Waals surface area (Å²) in [5.74, 6) is -0.368. The number of nitrogens with one attached hydrogen (secondary N) is 1. The number of amides is 1. The Labute approximate surface area is 119 Å². The van der Waals surface area contributed by atoms with Gasteiger partial charge in [-0.05, 0) is 44.2 Å². The van der Waals surface area contributed by atoms with Gasteiger partial charge in [-0.2, -0.15) is 0 Å². The standard InChI is InChI=1S/C15H22N2O3/c1-11-5-6-13(9-12(11)2)16-14(18)10-17(3)8-7-15(19)20-4/h5-6,9H,7-8,10H2,1-4H3,(H,16,18). The van der Waals surface area contributed by atoms with Crippen molar-refractivity contribution >= 4 is 17.6 Å². The summed E-state index contributed by atoms with van der Waals surface area (Å²) < 4.78 is 4.56. The predicted octanol–water partition coefficient (Wildman–Crippen LogP) is 1.74. The first-order valence-corrected chi connectivity index (χ1v) is 6.55. The quantitative estimate of drug-likeness (QED) is 0.805. The highest BCUT2D eigenvalue weighted by Crippen LogP contribution is 2.13. The molecule has 5 heteroatoms. The van der Waals surface area contributed by atoms with Gasteiger partial charge in [-0.15, -0.1) is 0 Å². The highest BCUT2D eigenvalue weighted by Gasteiger charge is 2.09. The summed E-state index contributed by atoms with van der Waals surface area (Å²) in [7, 11) is 3.15. The van der Waals surface area contributed by atoms with Gasteiger partial charge in [0.2, 0.25) is 5.91 Å². The minimum Gasteiger partial charge on any atom is -0.469 e. The van der Waals surface area contributed by atoms with E-state index in [1.54, 1.807) is 11.9 Å². The molecule has 0 saturated heterocycles. The van der Waals surface area contributed by atoms with Crippen LogP contribution in [0.3, 0.4) is 0 Å². The van der Waals surface area contributed by atoms with E-state index >= 15 is 0 Å². The summed E-state index contributed by atoms with van der Waals surface area (Å²) in [6.07, 6.45) is 0.282. The maximum atomic E-state index is 11.9. The molecule has 0 unspecified atom stereocenters. The van der Waals surface area contributed by atoms with Crippen molar-refractivity contribution < 1.29 is 14.3 Å². The van der Waals surface area contributed by atoms with Crippen LogP contribution in [-0.2, 0) is 14.3 Å². The Bertz CT molecular complexity index is 486. The largest absolute Gasteiger partial charge is 0.469 e. The molecule has 1 amide bonds. The Morgan fingerprint density at radius 3 is 2.55 bits per heavy atom. The Morgan fingerprint density at radius 1 is 1.25 bits per heavy atom. The minimum atomic E-state index is -0.272. The number of rotatable bonds is 6. The third-order valence-electron chi connectivity index (χ3n) is 3.13. The molecule has 0 aliphatic rings. The van der Waals surface area contributed by atoms with E-state index in [1.807, 2.05) is 32.0 Å². The van der Waals surface area contributed by atoms with Gasteiger partial charge in [0.1, 0.15) is 0 Å². The first kappa shape index (κ1) is 16.2. The monoisotopic (exact) mass is 278 g/mol. The highest BCUT2D eigenvalue weighted by molar-refractivity contribution is 5.92. The number of anilines is 1. The van der Waals surface area contributed by atoms with Gasteiger partial charge in [0.05, 0.1) is 20.1 Å². The molecule has 5 nitrogen and oxygen atoms in total. The van der Waals surface area contributed by atoms with Crippen LogP contribution in [0.1, 0.15) is 17.5 Å². The molecule has 0 aliphatic heterocycles. The predicted molar refractivity (Wildman–Crippen MR) is 78.7 cm³/mol. The van der Waals surface area contributed by atoms with Crippen LogP contribution < -0.4 is 5.32 Å². The lowest BCUT2D eigenvalue weighted by Gasteiger charge is -2.15. The lowest BCUT2D eigenvalue weighted by molar-refractivity contribution is -0.141. The molecule has 110 valence electrons. The van der Waals surface area contributed by atoms with Crippen LogP contribution in [0.15, 0.2) is 18.2 Å². The fourth-order valence-corrected chi connectivity index (χ4v) is 1.73. The van der Waals surface area contributed by atoms with Gasteiger partial charge in [0, 0.05) is 12.2 Å². The van der Waals surface area contributed by atoms with Crippen LogP contribution in [0, 0.1) is 13.8 Å². The molecule has 0 bridgehead atoms. The van der Waals surface area contributed by atoms with Crippen molar-refractivity contribution in [2.45, 2.75) is 20.3 Å². The molecule has 0 atom stereocenters. The lowest BCUT2D eigenvalue weighted by Crippen LogP contribution is -2.31. The van der Waals surface area contributed by atoms with Crippen molar-refractivity contribution in [3.05, 3.63) is 29.3 Å². The smallest absolute Gasteiger partial charge is 0.306 e. The van der Waals surface area contributed by atoms with Gasteiger partial charge in [-0.1, -0.05) is 6.07 Å². The Morgan fingerprint density at radius 2 is 1.95 bits per heavy atom. The summed E-state index contributed by atoms with van der Waals surface area (Å²) in [6, 6.07) is 5.81. The van der Waals surface area contributed by atoms with Crippen molar-refractivity contribution in [1.82, 2.24) is 4.90 Å². The normalized spacial score (nSPS) is 10.4. The Kier molecular flexibility index (Phi) is 6.18. The van der Waals surface area contributed by atoms with Crippen molar-refractivity contribution in [2.24, 2.45) is 0 Å². The number of nitrogens with zero attached hydrogens (tertiary/aromatic N) is 1. The van der Waals surface area contributed by atoms with Crippen LogP contribution in [0.5, 0.6) is 0 Å². The van der Waals surface area contributed by atoms with E-state index in [9.17, 15) is 9.59 Å². The van der Waals surface area contributed by atoms with Crippen molar-refractivity contribution in [3.8, 4) is 0 Å². The second-order valence-corrected chi connectivity index (χ2v) is 4.91. The Balaban J connectivity index is 2.42. The third-order valence-corrected chi connectivity index (χ3v) is 3.13. The zero-order valence-corrected chi connectivity index (χ0v) is 12.5. The van der Waals surface area contributed by atoms with E-state index in [1.165, 1.54) is 12.7 Å². The SMILES string of the molecule is COC(=O)CCN(C)CC(=O)Nc1ccc(C)c(C)c1. The van der Waals surface area contributed by atoms with Crippen molar-refractivity contribution in [2.75, 3.05) is 32.6 Å². The van der Waals surface area contributed by atoms with E-state index in [0.29, 0.717) is 6.54 Å². The number of methoxy groups -OCH3 is 1. The zero-order chi connectivity index (χ0) is 15.1. The van der Waals surface area contributed by atoms with Crippen LogP contribution in [0.4, 0.5) is 5.69 Å². The molecule has 1 aromatic carbocycles. The van der Waals surface area contributed by atoms with Crippen LogP contribution in [-0.4, -0.2) is 44.0 Å². The second kappa shape index (κ2) is 7.65. The fourth-order valence-electron chi connectivity index (χ4n) is 1.73. The number of benzene rings is 1. The fraction of sp³-hybridized carbons (Fsp3) is 0.467. The van der Waals surface area contributed by atoms with Crippen molar-refractivity contribution in [1.29, 1.82) is 0 Å². The average Bonchev–Trinajstić information content (AvgIpc) is 2.40. The molecule has 20 heavy (non-hydrogen) atoms. The number of hydrogen-bond donors (Lipinski definition) is 1. The van der Waals surface area contributed by atoms with Gasteiger partial charge in [0.15, 0.2) is 0 Å². The Hall–Kier alpha value is -1.88. The molecule has 0 spiro atoms. The van der Waals surface area contributed by atoms with Gasteiger partial charge in [0.25, 0.3) is 0 Å². The third kappa shape index (κ3) is 5.40. The molecule has 0 fully saturated rings. The number of aryl methyl sites for hydroxylation is 2. The van der Waals surface area contributed by atoms with E-state index in [0.717, 1.165) is 11.3 Å². The minimum absolute atomic E-state index is 0.0966. The topological polar surface area (TPSA) is 58.6 Å². The molecule has 1 rings (SSSR count). The number of likely N-dealkylation sites (N-methyl/N-ethyl adjacent to an activating group) is 1. The van der Waals surface area contributed by atoms with Gasteiger partial charge < -0.3 is 10.1 Å². The van der Waals surface area contributed by atoms with Crippen LogP contribution >= 0.6 is 0 Å². The van der Waals surface area contributed by atoms with E-state index in [2.05, 4.69) is 10.1 Å². The maximum absolute atomic E-state index is 11.9. The van der Waals surface area contributed by atoms with E-state index in [4.69, 9.17) is 0 Å². The van der Waals surface area contributed by atoms with E-state index < -0.39 is 0 Å². The number of hydrogen-bond acceptors (Lipinski definition) is 4. The summed E-state index contributed by atoms with van der Waals surface area (Å²) in [5.41, 5.74) is 3.12. The van der Waals surface area contributed by atoms with Crippen LogP contribution in [0.2, 0.25) is 0 Å². The summed E-state index contributed by atoms with van der Waals surface area (Å²) >= 11 is 0. The number of carbonyl (C=O) groups excluding carboxylic acids is 2. The van der Waals surface area contributed by atoms with Gasteiger partial charge in [-0.3, -0.25) is 14.5 Å². The molecule has 1 N–H and O–H groups in total.